The first kappa shape index (κ1) is 18.7. The number of amides is 2. The van der Waals surface area contributed by atoms with Crippen molar-refractivity contribution in [2.75, 3.05) is 24.6 Å². The molecular weight excluding hydrogens is 353 g/mol. The van der Waals surface area contributed by atoms with Gasteiger partial charge in [-0.3, -0.25) is 19.7 Å². The lowest BCUT2D eigenvalue weighted by atomic mass is 10.1. The third-order valence-corrected chi connectivity index (χ3v) is 4.39. The Morgan fingerprint density at radius 1 is 1.25 bits per heavy atom. The second-order valence-corrected chi connectivity index (χ2v) is 7.47. The summed E-state index contributed by atoms with van der Waals surface area (Å²) < 4.78 is 0. The molecule has 1 aromatic rings. The molecule has 0 radical (unpaired) electrons. The maximum Gasteiger partial charge on any atom is 0.408 e. The van der Waals surface area contributed by atoms with Crippen molar-refractivity contribution in [3.8, 4) is 0 Å². The van der Waals surface area contributed by atoms with Gasteiger partial charge in [0.05, 0.1) is 10.7 Å². The highest BCUT2D eigenvalue weighted by Crippen LogP contribution is 2.32. The second-order valence-electron chi connectivity index (χ2n) is 6.63. The Kier molecular flexibility index (Phi) is 5.50. The normalized spacial score (nSPS) is 14.9. The number of nitrogens with zero attached hydrogens (tertiary/aromatic N) is 3. The molecule has 1 fully saturated rings. The van der Waals surface area contributed by atoms with Gasteiger partial charge in [0, 0.05) is 23.7 Å². The molecule has 0 saturated carbocycles. The van der Waals surface area contributed by atoms with E-state index < -0.39 is 11.6 Å². The minimum absolute atomic E-state index is 0.215. The van der Waals surface area contributed by atoms with Crippen LogP contribution < -0.4 is 5.01 Å². The van der Waals surface area contributed by atoms with Crippen LogP contribution in [0.3, 0.4) is 0 Å². The average molecular weight is 374 g/mol. The lowest BCUT2D eigenvalue weighted by Gasteiger charge is -2.36. The maximum atomic E-state index is 12.7. The molecule has 0 atom stereocenters. The molecule has 0 unspecified atom stereocenters. The Balaban J connectivity index is 2.22. The van der Waals surface area contributed by atoms with E-state index in [1.54, 1.807) is 49.0 Å². The zero-order valence-electron chi connectivity index (χ0n) is 13.9. The van der Waals surface area contributed by atoms with Gasteiger partial charge in [-0.15, -0.1) is 0 Å². The molecule has 2 rings (SSSR count). The van der Waals surface area contributed by atoms with Gasteiger partial charge >= 0.3 is 6.09 Å². The first-order valence-electron chi connectivity index (χ1n) is 7.64. The quantitative estimate of drug-likeness (QED) is 0.876. The number of rotatable bonds is 3. The summed E-state index contributed by atoms with van der Waals surface area (Å²) in [6, 6.07) is 5.06. The van der Waals surface area contributed by atoms with Crippen LogP contribution in [0.2, 0.25) is 10.0 Å². The summed E-state index contributed by atoms with van der Waals surface area (Å²) in [7, 11) is 0. The predicted molar refractivity (Wildman–Crippen MR) is 94.6 cm³/mol. The zero-order chi connectivity index (χ0) is 18.1. The summed E-state index contributed by atoms with van der Waals surface area (Å²) in [4.78, 5) is 25.3. The van der Waals surface area contributed by atoms with Gasteiger partial charge in [0.25, 0.3) is 5.91 Å². The van der Waals surface area contributed by atoms with Crippen molar-refractivity contribution < 1.29 is 14.7 Å². The Bertz CT molecular complexity index is 646. The Morgan fingerprint density at radius 2 is 1.92 bits per heavy atom. The SMILES string of the molecule is CC(C)(C)N(CC(=O)N1CCCN1c1cc(Cl)ccc1Cl)C(=O)O. The Morgan fingerprint density at radius 3 is 2.50 bits per heavy atom. The molecule has 24 heavy (non-hydrogen) atoms. The fourth-order valence-corrected chi connectivity index (χ4v) is 3.00. The zero-order valence-corrected chi connectivity index (χ0v) is 15.4. The molecule has 1 N–H and O–H groups in total. The van der Waals surface area contributed by atoms with Crippen LogP contribution >= 0.6 is 23.2 Å². The molecule has 6 nitrogen and oxygen atoms in total. The molecule has 1 aliphatic rings. The molecule has 1 saturated heterocycles. The van der Waals surface area contributed by atoms with Crippen molar-refractivity contribution in [2.24, 2.45) is 0 Å². The van der Waals surface area contributed by atoms with Crippen LogP contribution in [-0.2, 0) is 4.79 Å². The van der Waals surface area contributed by atoms with E-state index in [2.05, 4.69) is 0 Å². The van der Waals surface area contributed by atoms with E-state index in [0.29, 0.717) is 28.8 Å². The van der Waals surface area contributed by atoms with Gasteiger partial charge in [0.15, 0.2) is 0 Å². The highest BCUT2D eigenvalue weighted by atomic mass is 35.5. The average Bonchev–Trinajstić information content (AvgIpc) is 2.94. The van der Waals surface area contributed by atoms with Crippen molar-refractivity contribution in [1.29, 1.82) is 0 Å². The fourth-order valence-electron chi connectivity index (χ4n) is 2.61. The summed E-state index contributed by atoms with van der Waals surface area (Å²) in [6.45, 7) is 6.18. The largest absolute Gasteiger partial charge is 0.465 e. The third kappa shape index (κ3) is 4.05. The van der Waals surface area contributed by atoms with Crippen LogP contribution in [0.15, 0.2) is 18.2 Å². The standard InChI is InChI=1S/C16H21Cl2N3O3/c1-16(2,3)19(15(23)24)10-14(22)21-8-4-7-20(21)13-9-11(17)5-6-12(13)18/h5-6,9H,4,7-8,10H2,1-3H3,(H,23,24). The van der Waals surface area contributed by atoms with Gasteiger partial charge in [-0.25, -0.2) is 4.79 Å². The summed E-state index contributed by atoms with van der Waals surface area (Å²) in [5.74, 6) is -0.291. The molecule has 2 amide bonds. The van der Waals surface area contributed by atoms with Gasteiger partial charge in [-0.1, -0.05) is 23.2 Å². The number of hydrogen-bond acceptors (Lipinski definition) is 3. The number of benzene rings is 1. The molecule has 0 aromatic heterocycles. The fraction of sp³-hybridized carbons (Fsp3) is 0.500. The molecule has 1 heterocycles. The first-order valence-corrected chi connectivity index (χ1v) is 8.40. The molecule has 0 bridgehead atoms. The van der Waals surface area contributed by atoms with Crippen LogP contribution in [0.1, 0.15) is 27.2 Å². The molecule has 1 aromatic carbocycles. The molecular formula is C16H21Cl2N3O3. The van der Waals surface area contributed by atoms with Crippen LogP contribution in [0.4, 0.5) is 10.5 Å². The van der Waals surface area contributed by atoms with Gasteiger partial charge in [-0.05, 0) is 45.4 Å². The second kappa shape index (κ2) is 7.07. The van der Waals surface area contributed by atoms with Crippen LogP contribution in [0.5, 0.6) is 0 Å². The lowest BCUT2D eigenvalue weighted by Crippen LogP contribution is -2.52. The smallest absolute Gasteiger partial charge is 0.408 e. The molecule has 1 aliphatic heterocycles. The van der Waals surface area contributed by atoms with Crippen molar-refractivity contribution in [2.45, 2.75) is 32.7 Å². The molecule has 8 heteroatoms. The van der Waals surface area contributed by atoms with Gasteiger partial charge in [0.2, 0.25) is 0 Å². The number of carbonyl (C=O) groups excluding carboxylic acids is 1. The molecule has 132 valence electrons. The number of anilines is 1. The minimum Gasteiger partial charge on any atom is -0.465 e. The highest BCUT2D eigenvalue weighted by Gasteiger charge is 2.34. The summed E-state index contributed by atoms with van der Waals surface area (Å²) in [6.07, 6.45) is -0.348. The van der Waals surface area contributed by atoms with Crippen LogP contribution in [0.25, 0.3) is 0 Å². The van der Waals surface area contributed by atoms with Gasteiger partial charge in [0.1, 0.15) is 6.54 Å². The van der Waals surface area contributed by atoms with Gasteiger partial charge < -0.3 is 5.11 Å². The van der Waals surface area contributed by atoms with Crippen molar-refractivity contribution >= 4 is 40.9 Å². The van der Waals surface area contributed by atoms with Crippen molar-refractivity contribution in [3.63, 3.8) is 0 Å². The first-order chi connectivity index (χ1) is 11.1. The van der Waals surface area contributed by atoms with Crippen LogP contribution in [0, 0.1) is 0 Å². The Hall–Kier alpha value is -1.66. The monoisotopic (exact) mass is 373 g/mol. The van der Waals surface area contributed by atoms with E-state index in [0.717, 1.165) is 11.3 Å². The van der Waals surface area contributed by atoms with E-state index in [4.69, 9.17) is 23.2 Å². The summed E-state index contributed by atoms with van der Waals surface area (Å²) >= 11 is 12.3. The Labute approximate surface area is 151 Å². The number of hydrogen-bond donors (Lipinski definition) is 1. The van der Waals surface area contributed by atoms with E-state index in [1.807, 2.05) is 0 Å². The van der Waals surface area contributed by atoms with Crippen LogP contribution in [-0.4, -0.2) is 52.2 Å². The molecule has 0 aliphatic carbocycles. The minimum atomic E-state index is -1.12. The molecule has 0 spiro atoms. The number of carboxylic acid groups (broad SMARTS) is 1. The summed E-state index contributed by atoms with van der Waals surface area (Å²) in [5, 5.41) is 13.7. The van der Waals surface area contributed by atoms with E-state index in [1.165, 1.54) is 0 Å². The highest BCUT2D eigenvalue weighted by molar-refractivity contribution is 6.35. The number of carbonyl (C=O) groups is 2. The predicted octanol–water partition coefficient (Wildman–Crippen LogP) is 3.73. The number of hydrazine groups is 1. The summed E-state index contributed by atoms with van der Waals surface area (Å²) in [5.41, 5.74) is -0.0209. The van der Waals surface area contributed by atoms with Gasteiger partial charge in [-0.2, -0.15) is 0 Å². The van der Waals surface area contributed by atoms with Crippen molar-refractivity contribution in [1.82, 2.24) is 9.91 Å². The topological polar surface area (TPSA) is 64.1 Å². The maximum absolute atomic E-state index is 12.7. The van der Waals surface area contributed by atoms with Crippen molar-refractivity contribution in [3.05, 3.63) is 28.2 Å². The number of halogens is 2. The third-order valence-electron chi connectivity index (χ3n) is 3.84. The van der Waals surface area contributed by atoms with E-state index in [-0.39, 0.29) is 12.5 Å². The lowest BCUT2D eigenvalue weighted by molar-refractivity contribution is -0.132. The van der Waals surface area contributed by atoms with E-state index in [9.17, 15) is 14.7 Å². The van der Waals surface area contributed by atoms with E-state index >= 15 is 0 Å².